The molecule has 8 nitrogen and oxygen atoms in total. The summed E-state index contributed by atoms with van der Waals surface area (Å²) in [6.07, 6.45) is 0. The van der Waals surface area contributed by atoms with Crippen molar-refractivity contribution in [3.63, 3.8) is 0 Å². The quantitative estimate of drug-likeness (QED) is 0.640. The molecule has 0 radical (unpaired) electrons. The van der Waals surface area contributed by atoms with E-state index < -0.39 is 26.8 Å². The number of thiophene rings is 2. The van der Waals surface area contributed by atoms with Crippen molar-refractivity contribution in [2.75, 3.05) is 23.9 Å². The Bertz CT molecular complexity index is 957. The zero-order valence-corrected chi connectivity index (χ0v) is 14.9. The Morgan fingerprint density at radius 1 is 1.29 bits per heavy atom. The number of hydrogen-bond donors (Lipinski definition) is 1. The molecule has 0 saturated heterocycles. The Hall–Kier alpha value is -2.24. The van der Waals surface area contributed by atoms with E-state index in [0.29, 0.717) is 10.6 Å². The Morgan fingerprint density at radius 3 is 2.71 bits per heavy atom. The molecule has 1 aliphatic rings. The van der Waals surface area contributed by atoms with Crippen molar-refractivity contribution in [1.29, 1.82) is 0 Å². The topological polar surface area (TPSA) is 105 Å². The summed E-state index contributed by atoms with van der Waals surface area (Å²) in [5, 5.41) is 6.39. The van der Waals surface area contributed by atoms with Crippen molar-refractivity contribution in [2.45, 2.75) is 0 Å². The molecule has 24 heavy (non-hydrogen) atoms. The van der Waals surface area contributed by atoms with Crippen molar-refractivity contribution in [3.8, 4) is 0 Å². The average Bonchev–Trinajstić information content (AvgIpc) is 3.21. The second kappa shape index (κ2) is 6.00. The van der Waals surface area contributed by atoms with Crippen LogP contribution in [-0.4, -0.2) is 39.4 Å². The third-order valence-corrected chi connectivity index (χ3v) is 6.78. The van der Waals surface area contributed by atoms with Gasteiger partial charge in [0, 0.05) is 7.05 Å². The van der Waals surface area contributed by atoms with Crippen LogP contribution in [0.5, 0.6) is 0 Å². The van der Waals surface area contributed by atoms with Crippen molar-refractivity contribution in [3.05, 3.63) is 32.6 Å². The molecule has 0 atom stereocenters. The molecule has 0 spiro atoms. The summed E-state index contributed by atoms with van der Waals surface area (Å²) in [5.41, 5.74) is 3.08. The van der Waals surface area contributed by atoms with E-state index in [1.165, 1.54) is 14.2 Å². The Balaban J connectivity index is 2.00. The van der Waals surface area contributed by atoms with E-state index in [-0.39, 0.29) is 10.6 Å². The summed E-state index contributed by atoms with van der Waals surface area (Å²) >= 11 is 2.25. The summed E-state index contributed by atoms with van der Waals surface area (Å²) in [7, 11) is -1.47. The van der Waals surface area contributed by atoms with Crippen molar-refractivity contribution >= 4 is 60.9 Å². The molecule has 0 fully saturated rings. The van der Waals surface area contributed by atoms with Gasteiger partial charge in [-0.25, -0.2) is 4.79 Å². The van der Waals surface area contributed by atoms with Gasteiger partial charge >= 0.3 is 5.97 Å². The zero-order chi connectivity index (χ0) is 17.5. The molecule has 1 N–H and O–H groups in total. The van der Waals surface area contributed by atoms with Crippen LogP contribution >= 0.6 is 22.7 Å². The van der Waals surface area contributed by atoms with Gasteiger partial charge in [-0.15, -0.1) is 22.7 Å². The smallest absolute Gasteiger partial charge is 0.350 e. The molecule has 3 rings (SSSR count). The molecule has 0 bridgehead atoms. The number of hydrazone groups is 1. The maximum absolute atomic E-state index is 12.5. The molecule has 2 aromatic heterocycles. The van der Waals surface area contributed by atoms with Gasteiger partial charge in [-0.2, -0.15) is 13.5 Å². The average molecular weight is 385 g/mol. The van der Waals surface area contributed by atoms with Gasteiger partial charge in [-0.3, -0.25) is 14.5 Å². The first kappa shape index (κ1) is 16.6. The van der Waals surface area contributed by atoms with E-state index >= 15 is 0 Å². The Kier molecular flexibility index (Phi) is 4.15. The molecule has 0 saturated carbocycles. The number of carbonyl (C=O) groups excluding carboxylic acids is 2. The Labute approximate surface area is 145 Å². The lowest BCUT2D eigenvalue weighted by atomic mass is 10.3. The number of nitrogens with one attached hydrogen (secondary N) is 1. The maximum Gasteiger partial charge on any atom is 0.350 e. The van der Waals surface area contributed by atoms with E-state index in [2.05, 4.69) is 15.3 Å². The maximum atomic E-state index is 12.5. The molecule has 0 aliphatic carbocycles. The first-order valence-electron chi connectivity index (χ1n) is 6.48. The summed E-state index contributed by atoms with van der Waals surface area (Å²) < 4.78 is 30.6. The van der Waals surface area contributed by atoms with Crippen LogP contribution < -0.4 is 9.73 Å². The second-order valence-electron chi connectivity index (χ2n) is 4.62. The second-order valence-corrected chi connectivity index (χ2v) is 8.34. The number of ketones is 1. The molecular formula is C13H11N3O5S3. The first-order chi connectivity index (χ1) is 11.4. The number of esters is 1. The van der Waals surface area contributed by atoms with Crippen LogP contribution in [0.1, 0.15) is 19.3 Å². The fourth-order valence-corrected chi connectivity index (χ4v) is 4.97. The lowest BCUT2D eigenvalue weighted by Crippen LogP contribution is -2.42. The molecule has 0 unspecified atom stereocenters. The number of carbonyl (C=O) groups is 2. The SMILES string of the molecule is COC(=O)c1sccc1N/N=C1/C(=O)c2sccc2N(C)S1(=O)=O. The van der Waals surface area contributed by atoms with Crippen LogP contribution in [0.25, 0.3) is 0 Å². The fraction of sp³-hybridized carbons (Fsp3) is 0.154. The van der Waals surface area contributed by atoms with E-state index in [1.54, 1.807) is 22.9 Å². The van der Waals surface area contributed by atoms with Crippen molar-refractivity contribution in [1.82, 2.24) is 0 Å². The number of fused-ring (bicyclic) bond motifs is 1. The van der Waals surface area contributed by atoms with E-state index in [1.807, 2.05) is 0 Å². The number of rotatable bonds is 3. The molecule has 0 aromatic carbocycles. The van der Waals surface area contributed by atoms with E-state index in [0.717, 1.165) is 27.0 Å². The van der Waals surface area contributed by atoms with E-state index in [9.17, 15) is 18.0 Å². The monoisotopic (exact) mass is 385 g/mol. The molecule has 2 aromatic rings. The number of anilines is 2. The third kappa shape index (κ3) is 2.50. The van der Waals surface area contributed by atoms with Crippen LogP contribution in [0, 0.1) is 0 Å². The van der Waals surface area contributed by atoms with Crippen molar-refractivity contribution in [2.24, 2.45) is 5.10 Å². The van der Waals surface area contributed by atoms with Crippen LogP contribution in [-0.2, 0) is 14.8 Å². The van der Waals surface area contributed by atoms with Gasteiger partial charge < -0.3 is 4.74 Å². The molecule has 11 heteroatoms. The molecule has 0 amide bonds. The summed E-state index contributed by atoms with van der Waals surface area (Å²) in [6.45, 7) is 0. The van der Waals surface area contributed by atoms with Gasteiger partial charge in [0.25, 0.3) is 10.0 Å². The van der Waals surface area contributed by atoms with Crippen LogP contribution in [0.3, 0.4) is 0 Å². The molecule has 3 heterocycles. The minimum absolute atomic E-state index is 0.229. The predicted octanol–water partition coefficient (Wildman–Crippen LogP) is 1.98. The molecule has 126 valence electrons. The van der Waals surface area contributed by atoms with Crippen molar-refractivity contribution < 1.29 is 22.7 Å². The molecule has 1 aliphatic heterocycles. The number of Topliss-reactive ketones (excluding diaryl/α,β-unsaturated/α-hetero) is 1. The summed E-state index contributed by atoms with van der Waals surface area (Å²) in [6, 6.07) is 3.11. The van der Waals surface area contributed by atoms with Gasteiger partial charge in [0.15, 0.2) is 0 Å². The normalized spacial score (nSPS) is 17.7. The highest BCUT2D eigenvalue weighted by Crippen LogP contribution is 2.33. The van der Waals surface area contributed by atoms with Gasteiger partial charge in [0.1, 0.15) is 9.75 Å². The highest BCUT2D eigenvalue weighted by Gasteiger charge is 2.41. The van der Waals surface area contributed by atoms with Crippen LogP contribution in [0.15, 0.2) is 28.0 Å². The number of methoxy groups -OCH3 is 1. The van der Waals surface area contributed by atoms with E-state index in [4.69, 9.17) is 0 Å². The highest BCUT2D eigenvalue weighted by atomic mass is 32.2. The number of ether oxygens (including phenoxy) is 1. The highest BCUT2D eigenvalue weighted by molar-refractivity contribution is 8.09. The predicted molar refractivity (Wildman–Crippen MR) is 92.7 cm³/mol. The number of hydrogen-bond acceptors (Lipinski definition) is 9. The standard InChI is InChI=1S/C13H11N3O5S3/c1-16-8-4-6-23-11(8)9(17)12(24(16,19)20)15-14-7-3-5-22-10(7)13(18)21-2/h3-6,14H,1-2H3/b15-12-. The minimum Gasteiger partial charge on any atom is -0.465 e. The van der Waals surface area contributed by atoms with Gasteiger partial charge in [0.2, 0.25) is 10.8 Å². The lowest BCUT2D eigenvalue weighted by Gasteiger charge is -2.24. The van der Waals surface area contributed by atoms with Crippen LogP contribution in [0.4, 0.5) is 11.4 Å². The zero-order valence-electron chi connectivity index (χ0n) is 12.5. The third-order valence-electron chi connectivity index (χ3n) is 3.30. The fourth-order valence-electron chi connectivity index (χ4n) is 2.06. The molecular weight excluding hydrogens is 374 g/mol. The van der Waals surface area contributed by atoms with Gasteiger partial charge in [0.05, 0.1) is 18.5 Å². The van der Waals surface area contributed by atoms with Gasteiger partial charge in [-0.05, 0) is 22.9 Å². The summed E-state index contributed by atoms with van der Waals surface area (Å²) in [5.74, 6) is -1.26. The lowest BCUT2D eigenvalue weighted by molar-refractivity contribution is 0.0607. The van der Waals surface area contributed by atoms with Crippen LogP contribution in [0.2, 0.25) is 0 Å². The summed E-state index contributed by atoms with van der Waals surface area (Å²) in [4.78, 5) is 24.6. The largest absolute Gasteiger partial charge is 0.465 e. The van der Waals surface area contributed by atoms with Gasteiger partial charge in [-0.1, -0.05) is 0 Å². The minimum atomic E-state index is -4.06. The first-order valence-corrected chi connectivity index (χ1v) is 9.68. The number of sulfonamides is 1. The Morgan fingerprint density at radius 2 is 2.00 bits per heavy atom. The number of nitrogens with zero attached hydrogens (tertiary/aromatic N) is 2.